The Hall–Kier alpha value is -4.50. The van der Waals surface area contributed by atoms with Gasteiger partial charge in [0.25, 0.3) is 17.7 Å². The summed E-state index contributed by atoms with van der Waals surface area (Å²) >= 11 is 6.08. The molecule has 1 aliphatic heterocycles. The second-order valence-electron chi connectivity index (χ2n) is 7.54. The number of carbonyl (C=O) groups excluding carboxylic acids is 4. The van der Waals surface area contributed by atoms with Gasteiger partial charge in [0.1, 0.15) is 16.5 Å². The van der Waals surface area contributed by atoms with Crippen LogP contribution in [0.2, 0.25) is 0 Å². The molecule has 0 radical (unpaired) electrons. The van der Waals surface area contributed by atoms with Gasteiger partial charge in [-0.2, -0.15) is 0 Å². The van der Waals surface area contributed by atoms with Gasteiger partial charge in [-0.15, -0.1) is 0 Å². The molecule has 3 aromatic rings. The van der Waals surface area contributed by atoms with Crippen molar-refractivity contribution in [1.82, 2.24) is 0 Å². The topological polar surface area (TPSA) is 105 Å². The number of para-hydroxylation sites is 1. The van der Waals surface area contributed by atoms with E-state index in [0.29, 0.717) is 27.4 Å². The Morgan fingerprint density at radius 3 is 2.14 bits per heavy atom. The van der Waals surface area contributed by atoms with E-state index in [1.807, 2.05) is 0 Å². The number of halogens is 2. The summed E-state index contributed by atoms with van der Waals surface area (Å²) in [7, 11) is 0. The maximum atomic E-state index is 14.1. The predicted molar refractivity (Wildman–Crippen MR) is 132 cm³/mol. The van der Waals surface area contributed by atoms with Crippen LogP contribution >= 0.6 is 11.6 Å². The second-order valence-corrected chi connectivity index (χ2v) is 7.92. The standard InChI is InChI=1S/C26H19ClFN3O5/c1-2-36-26(35)16-9-13-18(14-10-16)30-23(32)15-7-11-17(12-8-15)29-22-21(27)24(33)31(25(22)34)20-6-4-3-5-19(20)28/h3-14,29H,2H2,1H3,(H,30,32). The smallest absolute Gasteiger partial charge is 0.338 e. The number of esters is 1. The van der Waals surface area contributed by atoms with E-state index in [1.54, 1.807) is 31.2 Å². The maximum absolute atomic E-state index is 14.1. The van der Waals surface area contributed by atoms with Crippen LogP contribution in [-0.2, 0) is 14.3 Å². The summed E-state index contributed by atoms with van der Waals surface area (Å²) in [5.41, 5.74) is 1.14. The van der Waals surface area contributed by atoms with Crippen molar-refractivity contribution in [2.45, 2.75) is 6.92 Å². The van der Waals surface area contributed by atoms with Gasteiger partial charge in [0.15, 0.2) is 0 Å². The SMILES string of the molecule is CCOC(=O)c1ccc(NC(=O)c2ccc(NC3=C(Cl)C(=O)N(c4ccccc4F)C3=O)cc2)cc1. The Kier molecular flexibility index (Phi) is 7.12. The number of benzene rings is 3. The minimum absolute atomic E-state index is 0.204. The summed E-state index contributed by atoms with van der Waals surface area (Å²) in [6.07, 6.45) is 0. The summed E-state index contributed by atoms with van der Waals surface area (Å²) in [4.78, 5) is 50.3. The fourth-order valence-electron chi connectivity index (χ4n) is 3.42. The van der Waals surface area contributed by atoms with Crippen LogP contribution in [0.5, 0.6) is 0 Å². The lowest BCUT2D eigenvalue weighted by Crippen LogP contribution is -2.33. The normalized spacial score (nSPS) is 13.1. The third-order valence-electron chi connectivity index (χ3n) is 5.19. The molecule has 3 amide bonds. The molecule has 0 spiro atoms. The Balaban J connectivity index is 1.43. The Morgan fingerprint density at radius 2 is 1.50 bits per heavy atom. The van der Waals surface area contributed by atoms with Crippen LogP contribution in [0.4, 0.5) is 21.5 Å². The zero-order valence-electron chi connectivity index (χ0n) is 18.9. The lowest BCUT2D eigenvalue weighted by Gasteiger charge is -2.15. The van der Waals surface area contributed by atoms with Crippen molar-refractivity contribution in [3.8, 4) is 0 Å². The number of anilines is 3. The van der Waals surface area contributed by atoms with E-state index in [9.17, 15) is 23.6 Å². The van der Waals surface area contributed by atoms with Gasteiger partial charge < -0.3 is 15.4 Å². The molecule has 10 heteroatoms. The highest BCUT2D eigenvalue weighted by atomic mass is 35.5. The van der Waals surface area contributed by atoms with E-state index in [2.05, 4.69) is 10.6 Å². The van der Waals surface area contributed by atoms with Crippen molar-refractivity contribution in [3.63, 3.8) is 0 Å². The largest absolute Gasteiger partial charge is 0.462 e. The zero-order valence-corrected chi connectivity index (χ0v) is 19.6. The quantitative estimate of drug-likeness (QED) is 0.355. The molecular formula is C26H19ClFN3O5. The van der Waals surface area contributed by atoms with E-state index in [1.165, 1.54) is 42.5 Å². The van der Waals surface area contributed by atoms with Crippen LogP contribution in [0.1, 0.15) is 27.6 Å². The number of hydrogen-bond acceptors (Lipinski definition) is 6. The van der Waals surface area contributed by atoms with Crippen molar-refractivity contribution in [2.75, 3.05) is 22.1 Å². The molecule has 0 atom stereocenters. The van der Waals surface area contributed by atoms with E-state index in [0.717, 1.165) is 6.07 Å². The van der Waals surface area contributed by atoms with E-state index < -0.39 is 29.5 Å². The monoisotopic (exact) mass is 507 g/mol. The van der Waals surface area contributed by atoms with Crippen LogP contribution in [0.3, 0.4) is 0 Å². The first-order chi connectivity index (χ1) is 17.3. The van der Waals surface area contributed by atoms with Crippen LogP contribution in [-0.4, -0.2) is 30.3 Å². The average Bonchev–Trinajstić information content (AvgIpc) is 3.08. The molecule has 36 heavy (non-hydrogen) atoms. The zero-order chi connectivity index (χ0) is 25.8. The molecule has 0 unspecified atom stereocenters. The fraction of sp³-hybridized carbons (Fsp3) is 0.0769. The summed E-state index contributed by atoms with van der Waals surface area (Å²) in [5.74, 6) is -3.24. The maximum Gasteiger partial charge on any atom is 0.338 e. The van der Waals surface area contributed by atoms with Crippen LogP contribution in [0.15, 0.2) is 83.5 Å². The lowest BCUT2D eigenvalue weighted by molar-refractivity contribution is -0.120. The van der Waals surface area contributed by atoms with Gasteiger partial charge in [-0.05, 0) is 67.6 Å². The first-order valence-electron chi connectivity index (χ1n) is 10.8. The van der Waals surface area contributed by atoms with Crippen LogP contribution in [0.25, 0.3) is 0 Å². The molecule has 8 nitrogen and oxygen atoms in total. The molecule has 0 aliphatic carbocycles. The summed E-state index contributed by atoms with van der Waals surface area (Å²) < 4.78 is 19.1. The van der Waals surface area contributed by atoms with Crippen molar-refractivity contribution < 1.29 is 28.3 Å². The van der Waals surface area contributed by atoms with Crippen LogP contribution in [0, 0.1) is 5.82 Å². The first kappa shape index (κ1) is 24.6. The molecule has 2 N–H and O–H groups in total. The van der Waals surface area contributed by atoms with E-state index in [4.69, 9.17) is 16.3 Å². The number of hydrogen-bond donors (Lipinski definition) is 2. The summed E-state index contributed by atoms with van der Waals surface area (Å²) in [5, 5.41) is 5.11. The number of carbonyl (C=O) groups is 4. The molecule has 0 aromatic heterocycles. The lowest BCUT2D eigenvalue weighted by atomic mass is 10.1. The summed E-state index contributed by atoms with van der Waals surface area (Å²) in [6.45, 7) is 1.98. The second kappa shape index (κ2) is 10.4. The van der Waals surface area contributed by atoms with E-state index in [-0.39, 0.29) is 23.0 Å². The highest BCUT2D eigenvalue weighted by Gasteiger charge is 2.40. The molecular weight excluding hydrogens is 489 g/mol. The van der Waals surface area contributed by atoms with Gasteiger partial charge in [0.05, 0.1) is 17.9 Å². The molecule has 0 saturated heterocycles. The molecule has 4 rings (SSSR count). The van der Waals surface area contributed by atoms with Gasteiger partial charge in [-0.1, -0.05) is 23.7 Å². The minimum Gasteiger partial charge on any atom is -0.462 e. The number of imide groups is 1. The summed E-state index contributed by atoms with van der Waals surface area (Å²) in [6, 6.07) is 17.7. The van der Waals surface area contributed by atoms with Crippen molar-refractivity contribution in [1.29, 1.82) is 0 Å². The third kappa shape index (κ3) is 4.96. The molecule has 0 bridgehead atoms. The van der Waals surface area contributed by atoms with Gasteiger partial charge >= 0.3 is 5.97 Å². The molecule has 0 saturated carbocycles. The average molecular weight is 508 g/mol. The van der Waals surface area contributed by atoms with Crippen molar-refractivity contribution in [2.24, 2.45) is 0 Å². The Morgan fingerprint density at radius 1 is 0.889 bits per heavy atom. The Bertz CT molecular complexity index is 1390. The molecule has 1 heterocycles. The van der Waals surface area contributed by atoms with Gasteiger partial charge in [0.2, 0.25) is 0 Å². The fourth-order valence-corrected chi connectivity index (χ4v) is 3.63. The highest BCUT2D eigenvalue weighted by Crippen LogP contribution is 2.31. The predicted octanol–water partition coefficient (Wildman–Crippen LogP) is 4.69. The minimum atomic E-state index is -0.848. The van der Waals surface area contributed by atoms with Crippen LogP contribution < -0.4 is 15.5 Å². The van der Waals surface area contributed by atoms with E-state index >= 15 is 0 Å². The highest BCUT2D eigenvalue weighted by molar-refractivity contribution is 6.53. The Labute approximate surface area is 210 Å². The first-order valence-corrected chi connectivity index (χ1v) is 11.2. The van der Waals surface area contributed by atoms with Gasteiger partial charge in [0, 0.05) is 16.9 Å². The number of rotatable bonds is 7. The van der Waals surface area contributed by atoms with Crippen molar-refractivity contribution in [3.05, 3.63) is 100 Å². The number of amides is 3. The van der Waals surface area contributed by atoms with Gasteiger partial charge in [-0.3, -0.25) is 14.4 Å². The number of nitrogens with one attached hydrogen (secondary N) is 2. The third-order valence-corrected chi connectivity index (χ3v) is 5.54. The molecule has 1 aliphatic rings. The molecule has 0 fully saturated rings. The number of nitrogens with zero attached hydrogens (tertiary/aromatic N) is 1. The number of ether oxygens (including phenoxy) is 1. The van der Waals surface area contributed by atoms with Gasteiger partial charge in [-0.25, -0.2) is 14.1 Å². The molecule has 182 valence electrons. The molecule has 3 aromatic carbocycles. The van der Waals surface area contributed by atoms with Crippen molar-refractivity contribution >= 4 is 52.4 Å².